The summed E-state index contributed by atoms with van der Waals surface area (Å²) in [5.74, 6) is 0.874. The molecule has 1 aliphatic rings. The Morgan fingerprint density at radius 2 is 1.00 bits per heavy atom. The van der Waals surface area contributed by atoms with E-state index in [0.717, 1.165) is 50.1 Å². The van der Waals surface area contributed by atoms with Crippen LogP contribution < -0.4 is 9.47 Å². The molecule has 0 aromatic heterocycles. The number of carbonyl (C=O) groups excluding carboxylic acids is 1. The van der Waals surface area contributed by atoms with E-state index in [-0.39, 0.29) is 0 Å². The van der Waals surface area contributed by atoms with Gasteiger partial charge in [-0.3, -0.25) is 0 Å². The van der Waals surface area contributed by atoms with Crippen molar-refractivity contribution in [2.24, 2.45) is 0 Å². The Morgan fingerprint density at radius 3 is 1.42 bits per heavy atom. The molecule has 0 amide bonds. The highest BCUT2D eigenvalue weighted by Gasteiger charge is 2.26. The van der Waals surface area contributed by atoms with Crippen molar-refractivity contribution < 1.29 is 33.2 Å². The molecule has 1 aliphatic heterocycles. The SMILES string of the molecule is COC(=O)c1c2cc(C)cc1-c1cc(C)cc(c1OC)COCCOCCOCc1cc(C)cc-2c1OC. The summed E-state index contributed by atoms with van der Waals surface area (Å²) < 4.78 is 34.7. The summed E-state index contributed by atoms with van der Waals surface area (Å²) in [6, 6.07) is 12.1. The zero-order valence-electron chi connectivity index (χ0n) is 23.1. The topological polar surface area (TPSA) is 72.5 Å². The van der Waals surface area contributed by atoms with E-state index < -0.39 is 5.97 Å². The van der Waals surface area contributed by atoms with Gasteiger partial charge in [0.1, 0.15) is 11.5 Å². The second-order valence-corrected chi connectivity index (χ2v) is 9.45. The van der Waals surface area contributed by atoms with E-state index in [2.05, 4.69) is 0 Å². The first kappa shape index (κ1) is 27.6. The lowest BCUT2D eigenvalue weighted by Crippen LogP contribution is -2.11. The summed E-state index contributed by atoms with van der Waals surface area (Å²) in [4.78, 5) is 13.5. The Morgan fingerprint density at radius 1 is 0.605 bits per heavy atom. The first-order valence-electron chi connectivity index (χ1n) is 12.7. The number of carbonyl (C=O) groups is 1. The standard InChI is InChI=1S/C31H36O7/c1-19-11-22-17-37-9-7-36-8-10-38-18-23-12-20(2)16-27(30(23)34-5)25-14-21(3)13-24(28(25)31(32)35-6)26(15-19)29(22)33-4/h11-16H,7-10,17-18H2,1-6H3. The van der Waals surface area contributed by atoms with Gasteiger partial charge in [-0.2, -0.15) is 0 Å². The molecule has 0 saturated heterocycles. The van der Waals surface area contributed by atoms with Gasteiger partial charge < -0.3 is 28.4 Å². The predicted molar refractivity (Wildman–Crippen MR) is 146 cm³/mol. The average molecular weight is 521 g/mol. The van der Waals surface area contributed by atoms with Crippen molar-refractivity contribution in [1.82, 2.24) is 0 Å². The van der Waals surface area contributed by atoms with Crippen LogP contribution in [0.2, 0.25) is 0 Å². The summed E-state index contributed by atoms with van der Waals surface area (Å²) in [7, 11) is 4.67. The third kappa shape index (κ3) is 5.85. The van der Waals surface area contributed by atoms with Gasteiger partial charge in [-0.05, 0) is 49.6 Å². The predicted octanol–water partition coefficient (Wildman–Crippen LogP) is 5.81. The number of aryl methyl sites for hydroxylation is 3. The molecule has 202 valence electrons. The fraction of sp³-hybridized carbons (Fsp3) is 0.387. The molecule has 6 bridgehead atoms. The van der Waals surface area contributed by atoms with Crippen LogP contribution >= 0.6 is 0 Å². The first-order valence-corrected chi connectivity index (χ1v) is 12.7. The smallest absolute Gasteiger partial charge is 0.339 e. The molecular weight excluding hydrogens is 484 g/mol. The first-order chi connectivity index (χ1) is 18.4. The van der Waals surface area contributed by atoms with Crippen LogP contribution in [-0.2, 0) is 32.2 Å². The number of fused-ring (bicyclic) bond motifs is 8. The number of esters is 1. The molecule has 0 aliphatic carbocycles. The van der Waals surface area contributed by atoms with Gasteiger partial charge in [0.15, 0.2) is 0 Å². The van der Waals surface area contributed by atoms with E-state index in [9.17, 15) is 4.79 Å². The van der Waals surface area contributed by atoms with E-state index in [4.69, 9.17) is 28.4 Å². The second-order valence-electron chi connectivity index (χ2n) is 9.45. The van der Waals surface area contributed by atoms with Gasteiger partial charge in [0.2, 0.25) is 0 Å². The Balaban J connectivity index is 2.07. The molecule has 0 saturated carbocycles. The van der Waals surface area contributed by atoms with Gasteiger partial charge >= 0.3 is 5.97 Å². The van der Waals surface area contributed by atoms with Crippen LogP contribution in [0.1, 0.15) is 38.2 Å². The van der Waals surface area contributed by atoms with Crippen LogP contribution in [0, 0.1) is 20.8 Å². The minimum Gasteiger partial charge on any atom is -0.496 e. The Labute approximate surface area is 224 Å². The minimum absolute atomic E-state index is 0.346. The highest BCUT2D eigenvalue weighted by molar-refractivity contribution is 6.06. The van der Waals surface area contributed by atoms with Crippen molar-refractivity contribution in [2.75, 3.05) is 47.8 Å². The maximum atomic E-state index is 13.5. The van der Waals surface area contributed by atoms with Crippen LogP contribution in [0.25, 0.3) is 22.3 Å². The molecule has 38 heavy (non-hydrogen) atoms. The monoisotopic (exact) mass is 520 g/mol. The molecule has 0 atom stereocenters. The molecular formula is C31H36O7. The van der Waals surface area contributed by atoms with E-state index in [1.54, 1.807) is 14.2 Å². The van der Waals surface area contributed by atoms with E-state index in [0.29, 0.717) is 56.7 Å². The molecule has 7 nitrogen and oxygen atoms in total. The van der Waals surface area contributed by atoms with E-state index in [1.807, 2.05) is 57.2 Å². The van der Waals surface area contributed by atoms with Crippen molar-refractivity contribution in [1.29, 1.82) is 0 Å². The summed E-state index contributed by atoms with van der Waals surface area (Å²) in [5, 5.41) is 0. The number of rotatable bonds is 3. The molecule has 0 fully saturated rings. The quantitative estimate of drug-likeness (QED) is 0.404. The molecule has 7 heteroatoms. The van der Waals surface area contributed by atoms with Crippen LogP contribution in [0.4, 0.5) is 0 Å². The van der Waals surface area contributed by atoms with Gasteiger partial charge in [0.25, 0.3) is 0 Å². The van der Waals surface area contributed by atoms with Crippen molar-refractivity contribution in [2.45, 2.75) is 34.0 Å². The van der Waals surface area contributed by atoms with Gasteiger partial charge in [-0.25, -0.2) is 4.79 Å². The fourth-order valence-electron chi connectivity index (χ4n) is 5.03. The van der Waals surface area contributed by atoms with E-state index in [1.165, 1.54) is 7.11 Å². The molecule has 3 aromatic carbocycles. The summed E-state index contributed by atoms with van der Waals surface area (Å²) >= 11 is 0. The summed E-state index contributed by atoms with van der Waals surface area (Å²) in [6.45, 7) is 8.52. The third-order valence-electron chi connectivity index (χ3n) is 6.54. The summed E-state index contributed by atoms with van der Waals surface area (Å²) in [6.07, 6.45) is 0. The molecule has 0 radical (unpaired) electrons. The largest absolute Gasteiger partial charge is 0.496 e. The van der Waals surface area contributed by atoms with Crippen LogP contribution in [0.15, 0.2) is 36.4 Å². The highest BCUT2D eigenvalue weighted by Crippen LogP contribution is 2.44. The maximum Gasteiger partial charge on any atom is 0.339 e. The maximum absolute atomic E-state index is 13.5. The van der Waals surface area contributed by atoms with Crippen LogP contribution in [0.3, 0.4) is 0 Å². The van der Waals surface area contributed by atoms with Crippen molar-refractivity contribution >= 4 is 5.97 Å². The number of ether oxygens (including phenoxy) is 6. The van der Waals surface area contributed by atoms with Gasteiger partial charge in [0, 0.05) is 33.4 Å². The van der Waals surface area contributed by atoms with Crippen molar-refractivity contribution in [3.05, 3.63) is 69.8 Å². The van der Waals surface area contributed by atoms with Gasteiger partial charge in [0.05, 0.1) is 66.5 Å². The number of benzene rings is 3. The summed E-state index contributed by atoms with van der Waals surface area (Å²) in [5.41, 5.74) is 8.29. The Kier molecular flexibility index (Phi) is 9.05. The van der Waals surface area contributed by atoms with Gasteiger partial charge in [-0.1, -0.05) is 24.3 Å². The lowest BCUT2D eigenvalue weighted by atomic mass is 9.87. The van der Waals surface area contributed by atoms with Crippen molar-refractivity contribution in [3.63, 3.8) is 0 Å². The second kappa shape index (κ2) is 12.4. The molecule has 3 aromatic rings. The molecule has 1 heterocycles. The number of hydrogen-bond acceptors (Lipinski definition) is 7. The van der Waals surface area contributed by atoms with Crippen molar-refractivity contribution in [3.8, 4) is 33.8 Å². The lowest BCUT2D eigenvalue weighted by Gasteiger charge is -2.22. The highest BCUT2D eigenvalue weighted by atomic mass is 16.5. The number of hydrogen-bond donors (Lipinski definition) is 0. The lowest BCUT2D eigenvalue weighted by molar-refractivity contribution is 0.00653. The molecule has 4 rings (SSSR count). The fourth-order valence-corrected chi connectivity index (χ4v) is 5.03. The molecule has 0 unspecified atom stereocenters. The minimum atomic E-state index is -0.440. The third-order valence-corrected chi connectivity index (χ3v) is 6.54. The van der Waals surface area contributed by atoms with Crippen LogP contribution in [-0.4, -0.2) is 53.7 Å². The number of methoxy groups -OCH3 is 3. The van der Waals surface area contributed by atoms with Gasteiger partial charge in [-0.15, -0.1) is 0 Å². The normalized spacial score (nSPS) is 14.3. The zero-order chi connectivity index (χ0) is 27.2. The Hall–Kier alpha value is -3.39. The molecule has 0 spiro atoms. The van der Waals surface area contributed by atoms with Crippen LogP contribution in [0.5, 0.6) is 11.5 Å². The molecule has 0 N–H and O–H groups in total. The average Bonchev–Trinajstić information content (AvgIpc) is 2.90. The zero-order valence-corrected chi connectivity index (χ0v) is 23.1. The Bertz CT molecular complexity index is 1220. The van der Waals surface area contributed by atoms with E-state index >= 15 is 0 Å².